The van der Waals surface area contributed by atoms with E-state index < -0.39 is 23.3 Å². The number of fused-ring (bicyclic) bond motifs is 3. The Hall–Kier alpha value is -4.14. The van der Waals surface area contributed by atoms with Crippen LogP contribution in [0.2, 0.25) is 0 Å². The normalized spacial score (nSPS) is 20.4. The molecule has 2 aromatic heterocycles. The predicted octanol–water partition coefficient (Wildman–Crippen LogP) is 4.82. The summed E-state index contributed by atoms with van der Waals surface area (Å²) in [5, 5.41) is 14.4. The second-order valence-corrected chi connectivity index (χ2v) is 10.5. The molecule has 2 aliphatic rings. The van der Waals surface area contributed by atoms with Crippen LogP contribution in [0, 0.1) is 24.0 Å². The van der Waals surface area contributed by atoms with E-state index in [1.165, 1.54) is 30.5 Å². The van der Waals surface area contributed by atoms with Gasteiger partial charge in [0.15, 0.2) is 5.82 Å². The molecule has 2 aliphatic heterocycles. The third-order valence-electron chi connectivity index (χ3n) is 7.94. The minimum Gasteiger partial charge on any atom is -0.508 e. The van der Waals surface area contributed by atoms with Crippen LogP contribution in [0.25, 0.3) is 32.9 Å². The fraction of sp³-hybridized carbons (Fsp3) is 0.367. The maximum Gasteiger partial charge on any atom is 0.319 e. The van der Waals surface area contributed by atoms with Gasteiger partial charge >= 0.3 is 6.01 Å². The van der Waals surface area contributed by atoms with Gasteiger partial charge in [0.25, 0.3) is 0 Å². The first-order valence-electron chi connectivity index (χ1n) is 13.4. The molecule has 6 rings (SSSR count). The van der Waals surface area contributed by atoms with Crippen molar-refractivity contribution in [1.82, 2.24) is 19.9 Å². The number of pyridine rings is 1. The van der Waals surface area contributed by atoms with Crippen LogP contribution >= 0.6 is 0 Å². The number of benzene rings is 2. The summed E-state index contributed by atoms with van der Waals surface area (Å²) >= 11 is 0. The Morgan fingerprint density at radius 1 is 1.27 bits per heavy atom. The highest BCUT2D eigenvalue weighted by Gasteiger charge is 2.49. The fourth-order valence-corrected chi connectivity index (χ4v) is 6.10. The molecule has 0 aliphatic carbocycles. The second-order valence-electron chi connectivity index (χ2n) is 10.5. The Balaban J connectivity index is 1.47. The van der Waals surface area contributed by atoms with Gasteiger partial charge in [-0.15, -0.1) is 6.42 Å². The summed E-state index contributed by atoms with van der Waals surface area (Å²) in [4.78, 5) is 15.3. The smallest absolute Gasteiger partial charge is 0.319 e. The Bertz CT molecular complexity index is 1690. The summed E-state index contributed by atoms with van der Waals surface area (Å²) in [6.07, 6.45) is 8.18. The maximum absolute atomic E-state index is 16.4. The zero-order chi connectivity index (χ0) is 28.7. The van der Waals surface area contributed by atoms with Crippen molar-refractivity contribution in [2.24, 2.45) is 0 Å². The van der Waals surface area contributed by atoms with Gasteiger partial charge in [-0.05, 0) is 43.0 Å². The van der Waals surface area contributed by atoms with Gasteiger partial charge in [-0.1, -0.05) is 12.0 Å². The number of nitrogens with zero attached hydrogens (tertiary/aromatic N) is 4. The minimum atomic E-state index is -0.927. The quantitative estimate of drug-likeness (QED) is 0.233. The number of rotatable bonds is 8. The van der Waals surface area contributed by atoms with Crippen molar-refractivity contribution in [1.29, 1.82) is 0 Å². The average Bonchev–Trinajstić information content (AvgIpc) is 3.48. The van der Waals surface area contributed by atoms with Gasteiger partial charge in [0, 0.05) is 43.8 Å². The molecule has 0 bridgehead atoms. The van der Waals surface area contributed by atoms with E-state index >= 15 is 4.39 Å². The van der Waals surface area contributed by atoms with E-state index in [0.717, 1.165) is 19.4 Å². The van der Waals surface area contributed by atoms with Crippen LogP contribution in [0.5, 0.6) is 11.8 Å². The largest absolute Gasteiger partial charge is 0.508 e. The molecule has 2 N–H and O–H groups in total. The molecule has 41 heavy (non-hydrogen) atoms. The number of halogens is 3. The number of methoxy groups -OCH3 is 1. The number of alkyl halides is 1. The number of aromatic nitrogens is 3. The zero-order valence-electron chi connectivity index (χ0n) is 22.4. The molecule has 8 nitrogen and oxygen atoms in total. The first kappa shape index (κ1) is 27.1. The number of nitrogens with one attached hydrogen (secondary N) is 1. The molecule has 2 atom stereocenters. The van der Waals surface area contributed by atoms with Crippen LogP contribution in [0.1, 0.15) is 24.8 Å². The lowest BCUT2D eigenvalue weighted by Gasteiger charge is -2.30. The molecule has 11 heteroatoms. The molecule has 0 radical (unpaired) electrons. The second kappa shape index (κ2) is 10.7. The highest BCUT2D eigenvalue weighted by Crippen LogP contribution is 2.41. The molecule has 2 unspecified atom stereocenters. The van der Waals surface area contributed by atoms with Gasteiger partial charge in [0.05, 0.1) is 23.1 Å². The SMILES string of the molecule is C#Cc1c(F)ccc2cc(O)cc(-c3ncc4c(NCCOC)nc(OCC56CCCN5CC(F)C6)nc4c3F)c12. The molecule has 2 fully saturated rings. The highest BCUT2D eigenvalue weighted by atomic mass is 19.1. The van der Waals surface area contributed by atoms with E-state index in [4.69, 9.17) is 15.9 Å². The van der Waals surface area contributed by atoms with Crippen LogP contribution in [-0.2, 0) is 4.74 Å². The summed E-state index contributed by atoms with van der Waals surface area (Å²) in [6.45, 7) is 2.06. The van der Waals surface area contributed by atoms with Crippen molar-refractivity contribution in [2.45, 2.75) is 31.0 Å². The summed E-state index contributed by atoms with van der Waals surface area (Å²) < 4.78 is 56.4. The number of ether oxygens (including phenoxy) is 2. The minimum absolute atomic E-state index is 0.0736. The van der Waals surface area contributed by atoms with Crippen LogP contribution < -0.4 is 10.1 Å². The Kier molecular flexibility index (Phi) is 7.05. The number of hydrogen-bond donors (Lipinski definition) is 2. The lowest BCUT2D eigenvalue weighted by molar-refractivity contribution is 0.107. The molecule has 2 saturated heterocycles. The van der Waals surface area contributed by atoms with Crippen molar-refractivity contribution in [2.75, 3.05) is 45.3 Å². The van der Waals surface area contributed by atoms with Crippen LogP contribution in [-0.4, -0.2) is 76.6 Å². The lowest BCUT2D eigenvalue weighted by Crippen LogP contribution is -2.43. The number of hydrogen-bond acceptors (Lipinski definition) is 8. The van der Waals surface area contributed by atoms with Crippen LogP contribution in [0.4, 0.5) is 19.0 Å². The van der Waals surface area contributed by atoms with Crippen molar-refractivity contribution >= 4 is 27.5 Å². The van der Waals surface area contributed by atoms with Crippen molar-refractivity contribution in [3.8, 4) is 35.4 Å². The zero-order valence-corrected chi connectivity index (χ0v) is 22.4. The molecule has 4 heterocycles. The van der Waals surface area contributed by atoms with Gasteiger partial charge in [0.2, 0.25) is 0 Å². The van der Waals surface area contributed by atoms with Gasteiger partial charge in [-0.2, -0.15) is 9.97 Å². The van der Waals surface area contributed by atoms with Gasteiger partial charge < -0.3 is 19.9 Å². The summed E-state index contributed by atoms with van der Waals surface area (Å²) in [6, 6.07) is 5.28. The molecule has 0 spiro atoms. The predicted molar refractivity (Wildman–Crippen MR) is 149 cm³/mol. The van der Waals surface area contributed by atoms with E-state index in [9.17, 15) is 13.9 Å². The van der Waals surface area contributed by atoms with Crippen LogP contribution in [0.3, 0.4) is 0 Å². The Labute approximate surface area is 234 Å². The van der Waals surface area contributed by atoms with Gasteiger partial charge in [-0.25, -0.2) is 13.2 Å². The molecule has 2 aromatic carbocycles. The maximum atomic E-state index is 16.4. The molecular formula is C30H28F3N5O3. The first-order chi connectivity index (χ1) is 19.8. The molecule has 0 amide bonds. The molecular weight excluding hydrogens is 535 g/mol. The number of anilines is 1. The topological polar surface area (TPSA) is 92.6 Å². The standard InChI is InChI=1S/C30H28F3N5O3/c1-3-20-23(32)6-5-17-11-19(39)12-21(24(17)20)26-25(33)27-22(14-35-26)28(34-8-10-40-2)37-29(36-27)41-16-30-7-4-9-38(30)15-18(31)13-30/h1,5-6,11-12,14,18,39H,4,7-10,13,15-16H2,2H3,(H,34,36,37). The summed E-state index contributed by atoms with van der Waals surface area (Å²) in [5.74, 6) is 0.969. The van der Waals surface area contributed by atoms with E-state index in [1.54, 1.807) is 7.11 Å². The van der Waals surface area contributed by atoms with E-state index in [2.05, 4.69) is 31.1 Å². The number of aromatic hydroxyl groups is 1. The van der Waals surface area contributed by atoms with Crippen LogP contribution in [0.15, 0.2) is 30.5 Å². The van der Waals surface area contributed by atoms with Gasteiger partial charge in [-0.3, -0.25) is 9.88 Å². The molecule has 4 aromatic rings. The number of terminal acetylenes is 1. The van der Waals surface area contributed by atoms with E-state index in [0.29, 0.717) is 31.5 Å². The lowest BCUT2D eigenvalue weighted by atomic mass is 9.95. The van der Waals surface area contributed by atoms with Gasteiger partial charge in [0.1, 0.15) is 41.4 Å². The molecule has 212 valence electrons. The van der Waals surface area contributed by atoms with E-state index in [1.807, 2.05) is 0 Å². The highest BCUT2D eigenvalue weighted by molar-refractivity contribution is 6.02. The van der Waals surface area contributed by atoms with Crippen molar-refractivity contribution in [3.05, 3.63) is 47.7 Å². The monoisotopic (exact) mass is 563 g/mol. The van der Waals surface area contributed by atoms with Crippen molar-refractivity contribution < 1.29 is 27.8 Å². The number of phenols is 1. The molecule has 0 saturated carbocycles. The average molecular weight is 564 g/mol. The van der Waals surface area contributed by atoms with Crippen molar-refractivity contribution in [3.63, 3.8) is 0 Å². The summed E-state index contributed by atoms with van der Waals surface area (Å²) in [5.41, 5.74) is -0.674. The first-order valence-corrected chi connectivity index (χ1v) is 13.4. The Morgan fingerprint density at radius 2 is 2.12 bits per heavy atom. The van der Waals surface area contributed by atoms with E-state index in [-0.39, 0.29) is 57.3 Å². The number of phenolic OH excluding ortho intramolecular Hbond substituents is 1. The fourth-order valence-electron chi connectivity index (χ4n) is 6.10. The third-order valence-corrected chi connectivity index (χ3v) is 7.94. The summed E-state index contributed by atoms with van der Waals surface area (Å²) in [7, 11) is 1.56. The third kappa shape index (κ3) is 4.77. The Morgan fingerprint density at radius 3 is 2.93 bits per heavy atom.